The number of hydrogen-bond donors (Lipinski definition) is 2. The Morgan fingerprint density at radius 2 is 1.65 bits per heavy atom. The predicted molar refractivity (Wildman–Crippen MR) is 142 cm³/mol. The number of nitrogens with one attached hydrogen (secondary N) is 2. The molecule has 6 heteroatoms. The zero-order valence-electron chi connectivity index (χ0n) is 21.2. The maximum Gasteiger partial charge on any atom is 0.251 e. The van der Waals surface area contributed by atoms with Crippen LogP contribution >= 0.6 is 0 Å². The normalized spacial score (nSPS) is 29.4. The Bertz CT molecular complexity index is 1530. The quantitative estimate of drug-likeness (QED) is 0.513. The molecule has 3 aromatic carbocycles. The highest BCUT2D eigenvalue weighted by molar-refractivity contribution is 6.21. The van der Waals surface area contributed by atoms with Gasteiger partial charge in [-0.05, 0) is 57.4 Å². The van der Waals surface area contributed by atoms with E-state index in [1.165, 1.54) is 0 Å². The molecule has 4 heterocycles. The number of para-hydroxylation sites is 1. The first-order chi connectivity index (χ1) is 17.8. The molecule has 2 fully saturated rings. The van der Waals surface area contributed by atoms with Gasteiger partial charge in [0.05, 0.1) is 5.92 Å². The standard InChI is InChI=1S/C31H29N3O3/c1-17-10-12-20(13-11-17)27(35)25-24-9-6-14-34(24)31(22-16-18(2)15-19(3)26(22)33-29(31)37)30(25)21-7-4-5-8-23(21)32-28(30)36/h4-5,7-8,10-13,15-16,24-25H,6,9,14H2,1-3H3,(H,32,36)(H,33,37)/t24-,25-,30+,31+/m1/s1. The third kappa shape index (κ3) is 2.51. The summed E-state index contributed by atoms with van der Waals surface area (Å²) in [6.07, 6.45) is 1.63. The van der Waals surface area contributed by atoms with Gasteiger partial charge in [0.1, 0.15) is 11.0 Å². The fraction of sp³-hybridized carbons (Fsp3) is 0.323. The van der Waals surface area contributed by atoms with Crippen molar-refractivity contribution in [2.45, 2.75) is 50.6 Å². The largest absolute Gasteiger partial charge is 0.325 e. The van der Waals surface area contributed by atoms with Gasteiger partial charge in [-0.15, -0.1) is 0 Å². The van der Waals surface area contributed by atoms with Crippen LogP contribution in [0.4, 0.5) is 11.4 Å². The number of aryl methyl sites for hydroxylation is 3. The average Bonchev–Trinajstić information content (AvgIpc) is 3.59. The Labute approximate surface area is 216 Å². The Morgan fingerprint density at radius 1 is 0.892 bits per heavy atom. The second kappa shape index (κ2) is 7.39. The van der Waals surface area contributed by atoms with E-state index in [4.69, 9.17) is 0 Å². The van der Waals surface area contributed by atoms with Crippen LogP contribution in [0, 0.1) is 26.7 Å². The summed E-state index contributed by atoms with van der Waals surface area (Å²) in [5.74, 6) is -1.27. The number of fused-ring (bicyclic) bond motifs is 7. The molecule has 6 nitrogen and oxygen atoms in total. The van der Waals surface area contributed by atoms with Crippen LogP contribution in [-0.2, 0) is 20.5 Å². The molecule has 4 aliphatic rings. The van der Waals surface area contributed by atoms with E-state index in [-0.39, 0.29) is 23.6 Å². The molecular formula is C31H29N3O3. The molecule has 0 radical (unpaired) electrons. The summed E-state index contributed by atoms with van der Waals surface area (Å²) in [5.41, 5.74) is 3.92. The first-order valence-electron chi connectivity index (χ1n) is 13.0. The van der Waals surface area contributed by atoms with E-state index in [0.717, 1.165) is 46.3 Å². The molecule has 0 saturated carbocycles. The second-order valence-electron chi connectivity index (χ2n) is 11.1. The van der Waals surface area contributed by atoms with Crippen molar-refractivity contribution in [2.24, 2.45) is 5.92 Å². The van der Waals surface area contributed by atoms with Crippen molar-refractivity contribution < 1.29 is 14.4 Å². The van der Waals surface area contributed by atoms with Crippen molar-refractivity contribution in [1.82, 2.24) is 4.90 Å². The third-order valence-corrected chi connectivity index (χ3v) is 9.17. The van der Waals surface area contributed by atoms with Crippen LogP contribution in [0.5, 0.6) is 0 Å². The number of rotatable bonds is 2. The number of anilines is 2. The lowest BCUT2D eigenvalue weighted by molar-refractivity contribution is -0.137. The number of ketones is 1. The zero-order valence-corrected chi connectivity index (χ0v) is 21.2. The number of carbonyl (C=O) groups is 3. The van der Waals surface area contributed by atoms with Gasteiger partial charge in [0.2, 0.25) is 5.91 Å². The van der Waals surface area contributed by atoms with Crippen LogP contribution in [-0.4, -0.2) is 35.1 Å². The van der Waals surface area contributed by atoms with Crippen molar-refractivity contribution in [1.29, 1.82) is 0 Å². The zero-order chi connectivity index (χ0) is 25.7. The number of benzene rings is 3. The molecule has 0 bridgehead atoms. The summed E-state index contributed by atoms with van der Waals surface area (Å²) in [7, 11) is 0. The molecule has 4 atom stereocenters. The highest BCUT2D eigenvalue weighted by atomic mass is 16.2. The number of nitrogens with zero attached hydrogens (tertiary/aromatic N) is 1. The smallest absolute Gasteiger partial charge is 0.251 e. The van der Waals surface area contributed by atoms with Crippen LogP contribution in [0.25, 0.3) is 0 Å². The van der Waals surface area contributed by atoms with Gasteiger partial charge < -0.3 is 10.6 Å². The highest BCUT2D eigenvalue weighted by Crippen LogP contribution is 2.68. The van der Waals surface area contributed by atoms with E-state index in [0.29, 0.717) is 17.8 Å². The van der Waals surface area contributed by atoms with Crippen molar-refractivity contribution >= 4 is 29.0 Å². The fourth-order valence-corrected chi connectivity index (χ4v) is 7.93. The van der Waals surface area contributed by atoms with E-state index >= 15 is 0 Å². The summed E-state index contributed by atoms with van der Waals surface area (Å²) in [6.45, 7) is 6.65. The van der Waals surface area contributed by atoms with Gasteiger partial charge in [0.25, 0.3) is 5.91 Å². The molecule has 3 aromatic rings. The maximum absolute atomic E-state index is 14.6. The molecule has 0 aromatic heterocycles. The second-order valence-corrected chi connectivity index (χ2v) is 11.1. The number of hydrogen-bond acceptors (Lipinski definition) is 4. The van der Waals surface area contributed by atoms with Crippen LogP contribution in [0.3, 0.4) is 0 Å². The van der Waals surface area contributed by atoms with Gasteiger partial charge in [-0.25, -0.2) is 0 Å². The third-order valence-electron chi connectivity index (χ3n) is 9.17. The minimum absolute atomic E-state index is 0.0775. The van der Waals surface area contributed by atoms with E-state index in [2.05, 4.69) is 21.6 Å². The van der Waals surface area contributed by atoms with Gasteiger partial charge in [0, 0.05) is 28.5 Å². The van der Waals surface area contributed by atoms with Crippen molar-refractivity contribution in [3.63, 3.8) is 0 Å². The van der Waals surface area contributed by atoms with Gasteiger partial charge in [-0.2, -0.15) is 0 Å². The van der Waals surface area contributed by atoms with Gasteiger partial charge >= 0.3 is 0 Å². The first-order valence-corrected chi connectivity index (χ1v) is 13.0. The minimum atomic E-state index is -1.40. The Morgan fingerprint density at radius 3 is 2.43 bits per heavy atom. The molecule has 37 heavy (non-hydrogen) atoms. The molecule has 186 valence electrons. The fourth-order valence-electron chi connectivity index (χ4n) is 7.93. The summed E-state index contributed by atoms with van der Waals surface area (Å²) in [5, 5.41) is 6.27. The Hall–Kier alpha value is -3.77. The van der Waals surface area contributed by atoms with E-state index in [9.17, 15) is 14.4 Å². The van der Waals surface area contributed by atoms with Crippen molar-refractivity contribution in [2.75, 3.05) is 17.2 Å². The van der Waals surface area contributed by atoms with E-state index in [1.54, 1.807) is 0 Å². The minimum Gasteiger partial charge on any atom is -0.325 e. The molecule has 0 aliphatic carbocycles. The summed E-state index contributed by atoms with van der Waals surface area (Å²) in [6, 6.07) is 19.0. The monoisotopic (exact) mass is 491 g/mol. The lowest BCUT2D eigenvalue weighted by atomic mass is 9.57. The Kier molecular flexibility index (Phi) is 4.48. The molecule has 7 rings (SSSR count). The van der Waals surface area contributed by atoms with E-state index in [1.807, 2.05) is 75.4 Å². The molecule has 2 N–H and O–H groups in total. The average molecular weight is 492 g/mol. The van der Waals surface area contributed by atoms with Gasteiger partial charge in [-0.1, -0.05) is 65.7 Å². The lowest BCUT2D eigenvalue weighted by Crippen LogP contribution is -2.62. The Balaban J connectivity index is 1.60. The number of carbonyl (C=O) groups excluding carboxylic acids is 3. The summed E-state index contributed by atoms with van der Waals surface area (Å²) < 4.78 is 0. The highest BCUT2D eigenvalue weighted by Gasteiger charge is 2.81. The SMILES string of the molecule is Cc1ccc(C(=O)[C@H]2[C@H]3CCCN3[C@@]3(C(=O)Nc4c(C)cc(C)cc43)[C@]23C(=O)Nc2ccccc23)cc1. The van der Waals surface area contributed by atoms with Crippen LogP contribution in [0.2, 0.25) is 0 Å². The lowest BCUT2D eigenvalue weighted by Gasteiger charge is -2.43. The summed E-state index contributed by atoms with van der Waals surface area (Å²) in [4.78, 5) is 45.8. The first kappa shape index (κ1) is 22.4. The van der Waals surface area contributed by atoms with Crippen molar-refractivity contribution in [3.05, 3.63) is 94.0 Å². The molecular weight excluding hydrogens is 462 g/mol. The van der Waals surface area contributed by atoms with Crippen LogP contribution in [0.1, 0.15) is 51.0 Å². The topological polar surface area (TPSA) is 78.5 Å². The summed E-state index contributed by atoms with van der Waals surface area (Å²) >= 11 is 0. The van der Waals surface area contributed by atoms with Gasteiger partial charge in [0.15, 0.2) is 5.78 Å². The molecule has 2 saturated heterocycles. The van der Waals surface area contributed by atoms with Crippen LogP contribution < -0.4 is 10.6 Å². The number of Topliss-reactive ketones (excluding diaryl/α,β-unsaturated/α-hetero) is 1. The van der Waals surface area contributed by atoms with Crippen molar-refractivity contribution in [3.8, 4) is 0 Å². The van der Waals surface area contributed by atoms with Crippen LogP contribution in [0.15, 0.2) is 60.7 Å². The molecule has 4 aliphatic heterocycles. The predicted octanol–water partition coefficient (Wildman–Crippen LogP) is 4.63. The maximum atomic E-state index is 14.6. The molecule has 0 unspecified atom stereocenters. The molecule has 2 spiro atoms. The van der Waals surface area contributed by atoms with Gasteiger partial charge in [-0.3, -0.25) is 19.3 Å². The molecule has 2 amide bonds. The number of amides is 2. The van der Waals surface area contributed by atoms with E-state index < -0.39 is 16.9 Å².